The average molecular weight is 752 g/mol. The Hall–Kier alpha value is -2.42. The maximum absolute atomic E-state index is 13.7. The van der Waals surface area contributed by atoms with E-state index in [1.165, 1.54) is 35.5 Å². The topological polar surface area (TPSA) is 55.8 Å². The number of fused-ring (bicyclic) bond motifs is 3. The molecule has 4 aromatic rings. The molecule has 4 heterocycles. The van der Waals surface area contributed by atoms with Gasteiger partial charge in [0.25, 0.3) is 11.8 Å². The van der Waals surface area contributed by atoms with Gasteiger partial charge in [-0.25, -0.2) is 0 Å². The van der Waals surface area contributed by atoms with Crippen molar-refractivity contribution in [3.05, 3.63) is 33.0 Å². The van der Waals surface area contributed by atoms with Crippen LogP contribution in [-0.4, -0.2) is 37.0 Å². The van der Waals surface area contributed by atoms with Crippen LogP contribution >= 0.6 is 34.0 Å². The predicted octanol–water partition coefficient (Wildman–Crippen LogP) is 13.6. The molecule has 5 rings (SSSR count). The summed E-state index contributed by atoms with van der Waals surface area (Å²) in [6.07, 6.45) is 11.4. The Morgan fingerprint density at radius 3 is 1.71 bits per heavy atom. The van der Waals surface area contributed by atoms with E-state index in [1.807, 2.05) is 11.3 Å². The van der Waals surface area contributed by atoms with Gasteiger partial charge in [0.05, 0.1) is 38.6 Å². The summed E-state index contributed by atoms with van der Waals surface area (Å²) in [7, 11) is 1.60. The second-order valence-electron chi connectivity index (χ2n) is 16.0. The lowest BCUT2D eigenvalue weighted by atomic mass is 9.83. The zero-order valence-corrected chi connectivity index (χ0v) is 35.5. The Morgan fingerprint density at radius 2 is 1.22 bits per heavy atom. The number of rotatable bonds is 18. The van der Waals surface area contributed by atoms with Crippen LogP contribution in [0.3, 0.4) is 0 Å². The summed E-state index contributed by atoms with van der Waals surface area (Å²) < 4.78 is 16.3. The number of unbranched alkanes of at least 4 members (excludes halogenated alkanes) is 2. The molecule has 0 N–H and O–H groups in total. The van der Waals surface area contributed by atoms with Gasteiger partial charge in [0.15, 0.2) is 0 Å². The summed E-state index contributed by atoms with van der Waals surface area (Å²) in [5.74, 6) is 2.44. The minimum absolute atomic E-state index is 0.0662. The number of hydrogen-bond donors (Lipinski definition) is 0. The van der Waals surface area contributed by atoms with Crippen molar-refractivity contribution in [3.63, 3.8) is 0 Å². The Balaban J connectivity index is 1.79. The number of thiophene rings is 3. The molecule has 0 spiro atoms. The summed E-state index contributed by atoms with van der Waals surface area (Å²) in [4.78, 5) is 32.7. The molecule has 0 radical (unpaired) electrons. The normalized spacial score (nSPS) is 15.0. The fourth-order valence-electron chi connectivity index (χ4n) is 7.16. The number of carbonyl (C=O) groups excluding carboxylic acids is 2. The molecule has 0 aliphatic carbocycles. The molecule has 0 fully saturated rings. The molecule has 1 aliphatic heterocycles. The SMILES string of the molecule is CCCCC(CC)COc1c2cc(C(C)(CC)CC)sc2c(OCC(CC)CCCC)c2cc(-c3sc(C(C)(C)C)c4c3C(=O)N(C)C4=O)sc12. The number of nitrogens with zero attached hydrogens (tertiary/aromatic N) is 1. The number of benzene rings is 1. The van der Waals surface area contributed by atoms with Gasteiger partial charge in [-0.2, -0.15) is 0 Å². The lowest BCUT2D eigenvalue weighted by molar-refractivity contribution is 0.0692. The zero-order chi connectivity index (χ0) is 37.2. The molecule has 3 aromatic heterocycles. The minimum Gasteiger partial charge on any atom is -0.491 e. The van der Waals surface area contributed by atoms with Crippen molar-refractivity contribution in [2.24, 2.45) is 11.8 Å². The van der Waals surface area contributed by atoms with E-state index >= 15 is 0 Å². The third kappa shape index (κ3) is 7.66. The molecule has 280 valence electrons. The fourth-order valence-corrected chi connectivity index (χ4v) is 11.2. The fraction of sp³-hybridized carbons (Fsp3) is 0.628. The quantitative estimate of drug-likeness (QED) is 0.0950. The van der Waals surface area contributed by atoms with Gasteiger partial charge in [-0.3, -0.25) is 14.5 Å². The van der Waals surface area contributed by atoms with Crippen molar-refractivity contribution in [2.75, 3.05) is 20.3 Å². The molecule has 51 heavy (non-hydrogen) atoms. The molecule has 8 heteroatoms. The van der Waals surface area contributed by atoms with Crippen LogP contribution in [0, 0.1) is 11.8 Å². The molecule has 1 aromatic carbocycles. The average Bonchev–Trinajstić information content (AvgIpc) is 3.89. The van der Waals surface area contributed by atoms with Crippen molar-refractivity contribution in [2.45, 2.75) is 144 Å². The third-order valence-electron chi connectivity index (χ3n) is 11.4. The Kier molecular flexibility index (Phi) is 12.7. The lowest BCUT2D eigenvalue weighted by Crippen LogP contribution is -2.25. The number of imide groups is 1. The van der Waals surface area contributed by atoms with Crippen LogP contribution in [0.4, 0.5) is 0 Å². The predicted molar refractivity (Wildman–Crippen MR) is 221 cm³/mol. The monoisotopic (exact) mass is 751 g/mol. The van der Waals surface area contributed by atoms with Crippen molar-refractivity contribution >= 4 is 66.0 Å². The highest BCUT2D eigenvalue weighted by atomic mass is 32.1. The van der Waals surface area contributed by atoms with E-state index < -0.39 is 0 Å². The molecule has 1 aliphatic rings. The standard InChI is InChI=1S/C43H61NO4S3/c1-12-18-20-26(14-3)24-47-34-28-22-30(38-32-33(39(51-38)42(7,8)9)41(46)44(11)40(32)45)49-36(28)35(48-25-27(15-4)21-19-13-2)29-23-31(50-37(29)34)43(10,16-5)17-6/h22-23,26-27H,12-21,24-25H2,1-11H3. The zero-order valence-electron chi connectivity index (χ0n) is 33.1. The first-order chi connectivity index (χ1) is 24.3. The minimum atomic E-state index is -0.279. The van der Waals surface area contributed by atoms with Crippen molar-refractivity contribution in [1.29, 1.82) is 0 Å². The van der Waals surface area contributed by atoms with Crippen molar-refractivity contribution in [1.82, 2.24) is 4.90 Å². The molecule has 2 unspecified atom stereocenters. The molecular formula is C43H61NO4S3. The van der Waals surface area contributed by atoms with Gasteiger partial charge in [-0.15, -0.1) is 34.0 Å². The first kappa shape index (κ1) is 39.8. The van der Waals surface area contributed by atoms with Crippen LogP contribution in [0.5, 0.6) is 11.5 Å². The lowest BCUT2D eigenvalue weighted by Gasteiger charge is -2.24. The van der Waals surface area contributed by atoms with Crippen LogP contribution in [0.25, 0.3) is 29.9 Å². The Labute approximate surface area is 319 Å². The van der Waals surface area contributed by atoms with Gasteiger partial charge in [0.1, 0.15) is 11.5 Å². The van der Waals surface area contributed by atoms with E-state index in [0.717, 1.165) is 84.8 Å². The van der Waals surface area contributed by atoms with Crippen LogP contribution < -0.4 is 9.47 Å². The second kappa shape index (κ2) is 16.3. The molecule has 0 saturated heterocycles. The summed E-state index contributed by atoms with van der Waals surface area (Å²) in [6, 6.07) is 4.63. The number of carbonyl (C=O) groups is 2. The van der Waals surface area contributed by atoms with Gasteiger partial charge in [0, 0.05) is 37.9 Å². The summed E-state index contributed by atoms with van der Waals surface area (Å²) in [6.45, 7) is 23.7. The van der Waals surface area contributed by atoms with Gasteiger partial charge >= 0.3 is 0 Å². The molecule has 2 amide bonds. The van der Waals surface area contributed by atoms with Crippen LogP contribution in [-0.2, 0) is 10.8 Å². The molecular weight excluding hydrogens is 691 g/mol. The van der Waals surface area contributed by atoms with E-state index in [0.29, 0.717) is 36.2 Å². The molecule has 0 saturated carbocycles. The second-order valence-corrected chi connectivity index (χ2v) is 19.1. The van der Waals surface area contributed by atoms with Crippen LogP contribution in [0.1, 0.15) is 164 Å². The van der Waals surface area contributed by atoms with E-state index in [-0.39, 0.29) is 22.6 Å². The summed E-state index contributed by atoms with van der Waals surface area (Å²) in [5.41, 5.74) is 0.916. The Morgan fingerprint density at radius 1 is 0.706 bits per heavy atom. The Bertz CT molecular complexity index is 1780. The molecule has 2 atom stereocenters. The molecule has 5 nitrogen and oxygen atoms in total. The van der Waals surface area contributed by atoms with Gasteiger partial charge in [-0.1, -0.05) is 108 Å². The summed E-state index contributed by atoms with van der Waals surface area (Å²) >= 11 is 5.16. The highest BCUT2D eigenvalue weighted by molar-refractivity contribution is 7.27. The number of hydrogen-bond acceptors (Lipinski definition) is 7. The first-order valence-electron chi connectivity index (χ1n) is 19.6. The molecule has 0 bridgehead atoms. The van der Waals surface area contributed by atoms with Crippen molar-refractivity contribution in [3.8, 4) is 21.3 Å². The van der Waals surface area contributed by atoms with Gasteiger partial charge in [-0.05, 0) is 55.1 Å². The maximum atomic E-state index is 13.7. The highest BCUT2D eigenvalue weighted by Gasteiger charge is 2.43. The van der Waals surface area contributed by atoms with E-state index in [1.54, 1.807) is 29.7 Å². The maximum Gasteiger partial charge on any atom is 0.262 e. The van der Waals surface area contributed by atoms with E-state index in [2.05, 4.69) is 81.4 Å². The summed E-state index contributed by atoms with van der Waals surface area (Å²) in [5, 5.41) is 2.20. The van der Waals surface area contributed by atoms with Gasteiger partial charge in [0.2, 0.25) is 0 Å². The largest absolute Gasteiger partial charge is 0.491 e. The highest BCUT2D eigenvalue weighted by Crippen LogP contribution is 2.55. The number of ether oxygens (including phenoxy) is 2. The third-order valence-corrected chi connectivity index (χ3v) is 15.8. The number of amides is 2. The van der Waals surface area contributed by atoms with E-state index in [9.17, 15) is 9.59 Å². The van der Waals surface area contributed by atoms with Crippen LogP contribution in [0.15, 0.2) is 12.1 Å². The van der Waals surface area contributed by atoms with E-state index in [4.69, 9.17) is 9.47 Å². The van der Waals surface area contributed by atoms with Gasteiger partial charge < -0.3 is 9.47 Å². The van der Waals surface area contributed by atoms with Crippen LogP contribution in [0.2, 0.25) is 0 Å². The van der Waals surface area contributed by atoms with Crippen molar-refractivity contribution < 1.29 is 19.1 Å². The smallest absolute Gasteiger partial charge is 0.262 e. The first-order valence-corrected chi connectivity index (χ1v) is 22.0.